The molecule has 1 aromatic rings. The lowest BCUT2D eigenvalue weighted by Gasteiger charge is -2.46. The summed E-state index contributed by atoms with van der Waals surface area (Å²) in [6.45, 7) is 10.1. The molecule has 8 nitrogen and oxygen atoms in total. The van der Waals surface area contributed by atoms with Gasteiger partial charge in [-0.3, -0.25) is 15.2 Å². The van der Waals surface area contributed by atoms with E-state index in [0.717, 1.165) is 83.8 Å². The molecule has 0 aromatic carbocycles. The SMILES string of the molecule is C1=C(N2CCOCC2)N=C2C1=C(N1CCN3CCOCC3C1)CNC2c1cccnc1. The predicted octanol–water partition coefficient (Wildman–Crippen LogP) is 0.625. The predicted molar refractivity (Wildman–Crippen MR) is 118 cm³/mol. The van der Waals surface area contributed by atoms with Gasteiger partial charge in [-0.1, -0.05) is 6.07 Å². The number of aromatic nitrogens is 1. The van der Waals surface area contributed by atoms with Crippen molar-refractivity contribution < 1.29 is 9.47 Å². The molecule has 1 N–H and O–H groups in total. The number of hydrogen-bond acceptors (Lipinski definition) is 8. The molecule has 0 saturated carbocycles. The molecule has 6 rings (SSSR count). The molecule has 3 fully saturated rings. The summed E-state index contributed by atoms with van der Waals surface area (Å²) in [5, 5.41) is 3.76. The lowest BCUT2D eigenvalue weighted by Crippen LogP contribution is -2.58. The number of piperazine rings is 1. The number of rotatable bonds is 3. The maximum Gasteiger partial charge on any atom is 0.129 e. The molecule has 2 unspecified atom stereocenters. The van der Waals surface area contributed by atoms with E-state index in [1.54, 1.807) is 0 Å². The Morgan fingerprint density at radius 3 is 2.77 bits per heavy atom. The average molecular weight is 423 g/mol. The van der Waals surface area contributed by atoms with E-state index in [2.05, 4.69) is 37.1 Å². The summed E-state index contributed by atoms with van der Waals surface area (Å²) in [4.78, 5) is 17.0. The monoisotopic (exact) mass is 422 g/mol. The second-order valence-electron chi connectivity index (χ2n) is 8.77. The number of nitrogens with zero attached hydrogens (tertiary/aromatic N) is 5. The molecule has 0 aliphatic carbocycles. The highest BCUT2D eigenvalue weighted by molar-refractivity contribution is 6.10. The number of allylic oxidation sites excluding steroid dienone is 1. The van der Waals surface area contributed by atoms with Crippen molar-refractivity contribution in [2.24, 2.45) is 4.99 Å². The van der Waals surface area contributed by atoms with Gasteiger partial charge >= 0.3 is 0 Å². The minimum atomic E-state index is 0.0709. The lowest BCUT2D eigenvalue weighted by atomic mass is 9.92. The van der Waals surface area contributed by atoms with Crippen molar-refractivity contribution in [2.45, 2.75) is 12.1 Å². The molecule has 164 valence electrons. The molecule has 31 heavy (non-hydrogen) atoms. The number of nitrogens with one attached hydrogen (secondary N) is 1. The van der Waals surface area contributed by atoms with Gasteiger partial charge in [0, 0.05) is 69.5 Å². The number of morpholine rings is 2. The molecule has 5 aliphatic heterocycles. The Bertz CT molecular complexity index is 908. The van der Waals surface area contributed by atoms with E-state index in [1.165, 1.54) is 16.8 Å². The second-order valence-corrected chi connectivity index (χ2v) is 8.77. The van der Waals surface area contributed by atoms with Crippen LogP contribution in [0.3, 0.4) is 0 Å². The van der Waals surface area contributed by atoms with Crippen molar-refractivity contribution in [3.05, 3.63) is 53.3 Å². The molecule has 0 radical (unpaired) electrons. The summed E-state index contributed by atoms with van der Waals surface area (Å²) >= 11 is 0. The van der Waals surface area contributed by atoms with Crippen LogP contribution in [0.4, 0.5) is 0 Å². The van der Waals surface area contributed by atoms with Crippen LogP contribution in [0.1, 0.15) is 11.6 Å². The summed E-state index contributed by atoms with van der Waals surface area (Å²) in [5.74, 6) is 1.07. The minimum absolute atomic E-state index is 0.0709. The van der Waals surface area contributed by atoms with Gasteiger partial charge in [-0.2, -0.15) is 0 Å². The van der Waals surface area contributed by atoms with E-state index < -0.39 is 0 Å². The summed E-state index contributed by atoms with van der Waals surface area (Å²) in [6, 6.07) is 4.70. The van der Waals surface area contributed by atoms with Crippen molar-refractivity contribution in [3.63, 3.8) is 0 Å². The number of hydrogen-bond donors (Lipinski definition) is 1. The molecular weight excluding hydrogens is 392 g/mol. The largest absolute Gasteiger partial charge is 0.378 e. The summed E-state index contributed by atoms with van der Waals surface area (Å²) < 4.78 is 11.3. The summed E-state index contributed by atoms with van der Waals surface area (Å²) in [7, 11) is 0. The van der Waals surface area contributed by atoms with Crippen LogP contribution >= 0.6 is 0 Å². The number of fused-ring (bicyclic) bond motifs is 2. The van der Waals surface area contributed by atoms with Crippen molar-refractivity contribution in [3.8, 4) is 0 Å². The third-order valence-corrected chi connectivity index (χ3v) is 7.01. The van der Waals surface area contributed by atoms with Crippen LogP contribution in [0.5, 0.6) is 0 Å². The highest BCUT2D eigenvalue weighted by Gasteiger charge is 2.37. The Morgan fingerprint density at radius 1 is 1.00 bits per heavy atom. The van der Waals surface area contributed by atoms with Crippen LogP contribution in [0.2, 0.25) is 0 Å². The van der Waals surface area contributed by atoms with Gasteiger partial charge in [-0.25, -0.2) is 4.99 Å². The molecule has 8 heteroatoms. The normalized spacial score (nSPS) is 29.4. The molecule has 6 heterocycles. The third kappa shape index (κ3) is 3.67. The number of pyridine rings is 1. The van der Waals surface area contributed by atoms with Crippen molar-refractivity contribution >= 4 is 5.71 Å². The highest BCUT2D eigenvalue weighted by Crippen LogP contribution is 2.34. The molecule has 0 bridgehead atoms. The van der Waals surface area contributed by atoms with Gasteiger partial charge in [0.15, 0.2) is 0 Å². The second kappa shape index (κ2) is 8.35. The van der Waals surface area contributed by atoms with Gasteiger partial charge in [0.25, 0.3) is 0 Å². The first kappa shape index (κ1) is 19.4. The number of aliphatic imine (C=N–C) groups is 1. The van der Waals surface area contributed by atoms with Crippen molar-refractivity contribution in [1.29, 1.82) is 0 Å². The molecule has 5 aliphatic rings. The smallest absolute Gasteiger partial charge is 0.129 e. The van der Waals surface area contributed by atoms with Crippen LogP contribution < -0.4 is 5.32 Å². The first-order chi connectivity index (χ1) is 15.4. The first-order valence-corrected chi connectivity index (χ1v) is 11.4. The van der Waals surface area contributed by atoms with Crippen LogP contribution in [0, 0.1) is 0 Å². The zero-order valence-electron chi connectivity index (χ0n) is 17.9. The van der Waals surface area contributed by atoms with E-state index in [-0.39, 0.29) is 6.04 Å². The van der Waals surface area contributed by atoms with E-state index in [4.69, 9.17) is 14.5 Å². The van der Waals surface area contributed by atoms with E-state index >= 15 is 0 Å². The Labute approximate surface area is 183 Å². The quantitative estimate of drug-likeness (QED) is 0.766. The van der Waals surface area contributed by atoms with Crippen LogP contribution in [0.25, 0.3) is 0 Å². The fourth-order valence-corrected chi connectivity index (χ4v) is 5.31. The fourth-order valence-electron chi connectivity index (χ4n) is 5.31. The fraction of sp³-hybridized carbons (Fsp3) is 0.565. The van der Waals surface area contributed by atoms with Crippen LogP contribution in [0.15, 0.2) is 52.7 Å². The Hall–Kier alpha value is -2.26. The van der Waals surface area contributed by atoms with E-state index in [0.29, 0.717) is 6.04 Å². The Morgan fingerprint density at radius 2 is 1.90 bits per heavy atom. The molecule has 0 spiro atoms. The van der Waals surface area contributed by atoms with Crippen LogP contribution in [-0.2, 0) is 9.47 Å². The van der Waals surface area contributed by atoms with Gasteiger partial charge in [0.05, 0.1) is 44.2 Å². The minimum Gasteiger partial charge on any atom is -0.378 e. The zero-order valence-corrected chi connectivity index (χ0v) is 17.9. The van der Waals surface area contributed by atoms with Crippen molar-refractivity contribution in [2.75, 3.05) is 72.2 Å². The molecule has 2 atom stereocenters. The Kier molecular flexibility index (Phi) is 5.23. The molecule has 3 saturated heterocycles. The first-order valence-electron chi connectivity index (χ1n) is 11.4. The van der Waals surface area contributed by atoms with Gasteiger partial charge in [0.1, 0.15) is 5.82 Å². The van der Waals surface area contributed by atoms with E-state index in [1.807, 2.05) is 18.5 Å². The van der Waals surface area contributed by atoms with Crippen molar-refractivity contribution in [1.82, 2.24) is 25.0 Å². The van der Waals surface area contributed by atoms with Gasteiger partial charge < -0.3 is 19.3 Å². The topological polar surface area (TPSA) is 65.5 Å². The number of ether oxygens (including phenoxy) is 2. The van der Waals surface area contributed by atoms with Crippen LogP contribution in [-0.4, -0.2) is 104 Å². The summed E-state index contributed by atoms with van der Waals surface area (Å²) in [6.07, 6.45) is 6.09. The maximum atomic E-state index is 5.77. The molecule has 1 aromatic heterocycles. The molecular formula is C23H30N6O2. The average Bonchev–Trinajstić information content (AvgIpc) is 3.30. The summed E-state index contributed by atoms with van der Waals surface area (Å²) in [5.41, 5.74) is 4.95. The highest BCUT2D eigenvalue weighted by atomic mass is 16.5. The maximum absolute atomic E-state index is 5.77. The van der Waals surface area contributed by atoms with Gasteiger partial charge in [0.2, 0.25) is 0 Å². The molecule has 0 amide bonds. The third-order valence-electron chi connectivity index (χ3n) is 7.01. The van der Waals surface area contributed by atoms with Gasteiger partial charge in [-0.05, 0) is 17.7 Å². The van der Waals surface area contributed by atoms with Gasteiger partial charge in [-0.15, -0.1) is 0 Å². The Balaban J connectivity index is 1.34. The van der Waals surface area contributed by atoms with E-state index in [9.17, 15) is 0 Å². The lowest BCUT2D eigenvalue weighted by molar-refractivity contribution is -0.0387. The zero-order chi connectivity index (χ0) is 20.6. The standard InChI is InChI=1S/C23H30N6O2/c1-2-17(13-24-3-1)22-23-19(12-21(26-23)28-7-9-30-10-8-28)20(14-25-22)29-5-4-27-6-11-31-16-18(27)15-29/h1-3,12-13,18,22,25H,4-11,14-16H2.